The van der Waals surface area contributed by atoms with Crippen LogP contribution in [-0.4, -0.2) is 24.1 Å². The Kier molecular flexibility index (Phi) is 3.67. The predicted molar refractivity (Wildman–Crippen MR) is 65.9 cm³/mol. The highest BCUT2D eigenvalue weighted by Gasteiger charge is 2.16. The zero-order valence-corrected chi connectivity index (χ0v) is 9.92. The second-order valence-electron chi connectivity index (χ2n) is 3.61. The molecule has 4 heteroatoms. The standard InChI is InChI=1S/C13H15N3O/c1-14-12(10-5-3-7-15-9-10)11-6-4-8-16-13(11)17-2/h3-9,12,14H,1-2H3. The van der Waals surface area contributed by atoms with Crippen LogP contribution in [0.5, 0.6) is 5.88 Å². The molecule has 2 rings (SSSR count). The number of methoxy groups -OCH3 is 1. The van der Waals surface area contributed by atoms with Crippen molar-refractivity contribution < 1.29 is 4.74 Å². The highest BCUT2D eigenvalue weighted by molar-refractivity contribution is 5.36. The lowest BCUT2D eigenvalue weighted by molar-refractivity contribution is 0.388. The smallest absolute Gasteiger partial charge is 0.218 e. The second-order valence-corrected chi connectivity index (χ2v) is 3.61. The molecule has 0 saturated heterocycles. The van der Waals surface area contributed by atoms with Gasteiger partial charge in [-0.2, -0.15) is 0 Å². The van der Waals surface area contributed by atoms with Crippen LogP contribution in [-0.2, 0) is 0 Å². The number of aromatic nitrogens is 2. The Morgan fingerprint density at radius 1 is 1.24 bits per heavy atom. The summed E-state index contributed by atoms with van der Waals surface area (Å²) in [6.45, 7) is 0. The normalized spacial score (nSPS) is 12.1. The van der Waals surface area contributed by atoms with E-state index in [1.54, 1.807) is 19.5 Å². The average Bonchev–Trinajstić information content (AvgIpc) is 2.41. The van der Waals surface area contributed by atoms with Crippen molar-refractivity contribution in [3.63, 3.8) is 0 Å². The van der Waals surface area contributed by atoms with Gasteiger partial charge in [0.2, 0.25) is 5.88 Å². The first-order chi connectivity index (χ1) is 8.36. The highest BCUT2D eigenvalue weighted by Crippen LogP contribution is 2.27. The van der Waals surface area contributed by atoms with Crippen molar-refractivity contribution in [2.24, 2.45) is 0 Å². The van der Waals surface area contributed by atoms with E-state index in [4.69, 9.17) is 4.74 Å². The summed E-state index contributed by atoms with van der Waals surface area (Å²) in [7, 11) is 3.53. The molecule has 0 aliphatic heterocycles. The number of nitrogens with one attached hydrogen (secondary N) is 1. The fourth-order valence-corrected chi connectivity index (χ4v) is 1.84. The van der Waals surface area contributed by atoms with Gasteiger partial charge < -0.3 is 10.1 Å². The average molecular weight is 229 g/mol. The van der Waals surface area contributed by atoms with Crippen LogP contribution in [0.1, 0.15) is 17.2 Å². The second kappa shape index (κ2) is 5.41. The highest BCUT2D eigenvalue weighted by atomic mass is 16.5. The van der Waals surface area contributed by atoms with Crippen LogP contribution in [0.4, 0.5) is 0 Å². The molecule has 4 nitrogen and oxygen atoms in total. The Labute approximate surface area is 101 Å². The summed E-state index contributed by atoms with van der Waals surface area (Å²) >= 11 is 0. The van der Waals surface area contributed by atoms with Gasteiger partial charge in [0.25, 0.3) is 0 Å². The van der Waals surface area contributed by atoms with E-state index in [-0.39, 0.29) is 6.04 Å². The SMILES string of the molecule is CNC(c1cccnc1)c1cccnc1OC. The lowest BCUT2D eigenvalue weighted by atomic mass is 10.0. The van der Waals surface area contributed by atoms with Crippen molar-refractivity contribution >= 4 is 0 Å². The Balaban J connectivity index is 2.42. The maximum Gasteiger partial charge on any atom is 0.218 e. The van der Waals surface area contributed by atoms with Crippen molar-refractivity contribution in [3.05, 3.63) is 54.0 Å². The predicted octanol–water partition coefficient (Wildman–Crippen LogP) is 1.79. The number of hydrogen-bond acceptors (Lipinski definition) is 4. The minimum absolute atomic E-state index is 0.0346. The molecule has 0 fully saturated rings. The maximum absolute atomic E-state index is 5.28. The third-order valence-corrected chi connectivity index (χ3v) is 2.61. The van der Waals surface area contributed by atoms with E-state index < -0.39 is 0 Å². The van der Waals surface area contributed by atoms with E-state index in [1.165, 1.54) is 0 Å². The molecule has 0 saturated carbocycles. The van der Waals surface area contributed by atoms with Crippen molar-refractivity contribution in [1.82, 2.24) is 15.3 Å². The van der Waals surface area contributed by atoms with Crippen LogP contribution in [0.3, 0.4) is 0 Å². The Bertz CT molecular complexity index is 473. The summed E-state index contributed by atoms with van der Waals surface area (Å²) < 4.78 is 5.28. The summed E-state index contributed by atoms with van der Waals surface area (Å²) in [5.41, 5.74) is 2.09. The molecule has 0 amide bonds. The van der Waals surface area contributed by atoms with Crippen molar-refractivity contribution in [2.45, 2.75) is 6.04 Å². The van der Waals surface area contributed by atoms with E-state index in [0.717, 1.165) is 11.1 Å². The van der Waals surface area contributed by atoms with E-state index >= 15 is 0 Å². The molecule has 2 aromatic rings. The molecule has 2 aromatic heterocycles. The van der Waals surface area contributed by atoms with Gasteiger partial charge in [0.15, 0.2) is 0 Å². The van der Waals surface area contributed by atoms with Gasteiger partial charge in [0.05, 0.1) is 13.2 Å². The minimum Gasteiger partial charge on any atom is -0.481 e. The third kappa shape index (κ3) is 2.42. The Morgan fingerprint density at radius 3 is 2.71 bits per heavy atom. The van der Waals surface area contributed by atoms with Crippen LogP contribution in [0.25, 0.3) is 0 Å². The van der Waals surface area contributed by atoms with E-state index in [0.29, 0.717) is 5.88 Å². The van der Waals surface area contributed by atoms with Gasteiger partial charge in [0.1, 0.15) is 0 Å². The van der Waals surface area contributed by atoms with Crippen LogP contribution >= 0.6 is 0 Å². The van der Waals surface area contributed by atoms with Gasteiger partial charge in [-0.3, -0.25) is 4.98 Å². The zero-order valence-electron chi connectivity index (χ0n) is 9.92. The molecule has 0 aromatic carbocycles. The number of nitrogens with zero attached hydrogens (tertiary/aromatic N) is 2. The zero-order chi connectivity index (χ0) is 12.1. The first-order valence-corrected chi connectivity index (χ1v) is 5.43. The first-order valence-electron chi connectivity index (χ1n) is 5.43. The fourth-order valence-electron chi connectivity index (χ4n) is 1.84. The molecule has 17 heavy (non-hydrogen) atoms. The Hall–Kier alpha value is -1.94. The summed E-state index contributed by atoms with van der Waals surface area (Å²) in [5, 5.41) is 3.25. The lowest BCUT2D eigenvalue weighted by Gasteiger charge is -2.18. The molecular formula is C13H15N3O. The fraction of sp³-hybridized carbons (Fsp3) is 0.231. The van der Waals surface area contributed by atoms with Gasteiger partial charge >= 0.3 is 0 Å². The van der Waals surface area contributed by atoms with Crippen LogP contribution in [0.15, 0.2) is 42.9 Å². The van der Waals surface area contributed by atoms with E-state index in [9.17, 15) is 0 Å². The van der Waals surface area contributed by atoms with Crippen LogP contribution in [0, 0.1) is 0 Å². The van der Waals surface area contributed by atoms with E-state index in [1.807, 2.05) is 37.5 Å². The molecule has 1 N–H and O–H groups in total. The van der Waals surface area contributed by atoms with Gasteiger partial charge in [0, 0.05) is 24.2 Å². The monoisotopic (exact) mass is 229 g/mol. The van der Waals surface area contributed by atoms with Crippen LogP contribution < -0.4 is 10.1 Å². The molecule has 1 unspecified atom stereocenters. The topological polar surface area (TPSA) is 47.0 Å². The number of rotatable bonds is 4. The molecule has 0 aliphatic carbocycles. The molecule has 1 atom stereocenters. The summed E-state index contributed by atoms with van der Waals surface area (Å²) in [4.78, 5) is 8.34. The van der Waals surface area contributed by atoms with Crippen molar-refractivity contribution in [3.8, 4) is 5.88 Å². The molecule has 0 aliphatic rings. The Morgan fingerprint density at radius 2 is 2.06 bits per heavy atom. The molecule has 0 bridgehead atoms. The van der Waals surface area contributed by atoms with Gasteiger partial charge in [-0.1, -0.05) is 12.1 Å². The third-order valence-electron chi connectivity index (χ3n) is 2.61. The minimum atomic E-state index is 0.0346. The largest absolute Gasteiger partial charge is 0.481 e. The molecular weight excluding hydrogens is 214 g/mol. The van der Waals surface area contributed by atoms with Crippen LogP contribution in [0.2, 0.25) is 0 Å². The summed E-state index contributed by atoms with van der Waals surface area (Å²) in [6, 6.07) is 7.88. The molecule has 0 spiro atoms. The number of ether oxygens (including phenoxy) is 1. The maximum atomic E-state index is 5.28. The summed E-state index contributed by atoms with van der Waals surface area (Å²) in [5.74, 6) is 0.635. The quantitative estimate of drug-likeness (QED) is 0.868. The number of hydrogen-bond donors (Lipinski definition) is 1. The number of pyridine rings is 2. The molecule has 88 valence electrons. The molecule has 0 radical (unpaired) electrons. The molecule has 2 heterocycles. The van der Waals surface area contributed by atoms with Gasteiger partial charge in [-0.25, -0.2) is 4.98 Å². The summed E-state index contributed by atoms with van der Waals surface area (Å²) in [6.07, 6.45) is 5.32. The van der Waals surface area contributed by atoms with Gasteiger partial charge in [-0.05, 0) is 24.7 Å². The van der Waals surface area contributed by atoms with E-state index in [2.05, 4.69) is 15.3 Å². The van der Waals surface area contributed by atoms with Gasteiger partial charge in [-0.15, -0.1) is 0 Å². The first kappa shape index (κ1) is 11.5. The van der Waals surface area contributed by atoms with Crippen molar-refractivity contribution in [1.29, 1.82) is 0 Å². The lowest BCUT2D eigenvalue weighted by Crippen LogP contribution is -2.18. The van der Waals surface area contributed by atoms with Crippen molar-refractivity contribution in [2.75, 3.05) is 14.2 Å².